The highest BCUT2D eigenvalue weighted by atomic mass is 79.9. The number of hydrogen-bond acceptors (Lipinski definition) is 3. The molecule has 0 aliphatic carbocycles. The number of hydrogen-bond donors (Lipinski definition) is 1. The van der Waals surface area contributed by atoms with E-state index in [-0.39, 0.29) is 5.69 Å². The fraction of sp³-hybridized carbons (Fsp3) is 0.176. The van der Waals surface area contributed by atoms with Crippen molar-refractivity contribution < 1.29 is 9.66 Å². The maximum atomic E-state index is 10.9. The van der Waals surface area contributed by atoms with Crippen molar-refractivity contribution in [3.8, 4) is 11.5 Å². The van der Waals surface area contributed by atoms with Crippen LogP contribution in [-0.4, -0.2) is 9.91 Å². The zero-order chi connectivity index (χ0) is 17.3. The second kappa shape index (κ2) is 6.94. The summed E-state index contributed by atoms with van der Waals surface area (Å²) < 4.78 is 6.99. The van der Waals surface area contributed by atoms with Crippen molar-refractivity contribution in [1.29, 1.82) is 0 Å². The number of nitro groups is 1. The van der Waals surface area contributed by atoms with Gasteiger partial charge >= 0.3 is 0 Å². The van der Waals surface area contributed by atoms with Crippen LogP contribution in [0.4, 0.5) is 5.69 Å². The summed E-state index contributed by atoms with van der Waals surface area (Å²) >= 11 is 6.68. The first-order valence-corrected chi connectivity index (χ1v) is 8.99. The Morgan fingerprint density at radius 2 is 1.92 bits per heavy atom. The number of benzene rings is 2. The van der Waals surface area contributed by atoms with Crippen LogP contribution >= 0.6 is 31.9 Å². The molecule has 0 spiro atoms. The minimum atomic E-state index is -0.442. The SMILES string of the molecule is CCCc1c[nH]c2ccc(Oc3c(Br)cc([N+](=O)[O-])cc3Br)cc12. The molecular formula is C17H14Br2N2O3. The van der Waals surface area contributed by atoms with Gasteiger partial charge in [0.25, 0.3) is 5.69 Å². The van der Waals surface area contributed by atoms with Gasteiger partial charge in [-0.1, -0.05) is 13.3 Å². The number of ether oxygens (including phenoxy) is 1. The molecule has 3 rings (SSSR count). The molecule has 1 aromatic heterocycles. The van der Waals surface area contributed by atoms with Crippen LogP contribution in [0, 0.1) is 10.1 Å². The Morgan fingerprint density at radius 1 is 1.21 bits per heavy atom. The molecule has 0 saturated heterocycles. The average molecular weight is 454 g/mol. The number of nitrogens with zero attached hydrogens (tertiary/aromatic N) is 1. The summed E-state index contributed by atoms with van der Waals surface area (Å²) in [6.07, 6.45) is 4.08. The number of rotatable bonds is 5. The van der Waals surface area contributed by atoms with Crippen LogP contribution in [0.3, 0.4) is 0 Å². The summed E-state index contributed by atoms with van der Waals surface area (Å²) in [4.78, 5) is 13.7. The van der Waals surface area contributed by atoms with Gasteiger partial charge < -0.3 is 9.72 Å². The third-order valence-corrected chi connectivity index (χ3v) is 4.85. The number of nitro benzene ring substituents is 1. The fourth-order valence-electron chi connectivity index (χ4n) is 2.56. The van der Waals surface area contributed by atoms with Gasteiger partial charge in [0.2, 0.25) is 0 Å². The van der Waals surface area contributed by atoms with Gasteiger partial charge in [-0.15, -0.1) is 0 Å². The van der Waals surface area contributed by atoms with Gasteiger partial charge in [0, 0.05) is 29.2 Å². The molecule has 0 bridgehead atoms. The second-order valence-corrected chi connectivity index (χ2v) is 7.08. The number of H-pyrrole nitrogens is 1. The lowest BCUT2D eigenvalue weighted by Crippen LogP contribution is -1.92. The first-order valence-electron chi connectivity index (χ1n) is 7.41. The fourth-order valence-corrected chi connectivity index (χ4v) is 3.89. The highest BCUT2D eigenvalue weighted by molar-refractivity contribution is 9.11. The molecule has 0 unspecified atom stereocenters. The Kier molecular flexibility index (Phi) is 4.91. The van der Waals surface area contributed by atoms with Crippen LogP contribution in [0.5, 0.6) is 11.5 Å². The first kappa shape index (κ1) is 17.0. The lowest BCUT2D eigenvalue weighted by Gasteiger charge is -2.10. The van der Waals surface area contributed by atoms with Crippen molar-refractivity contribution in [2.24, 2.45) is 0 Å². The Hall–Kier alpha value is -1.86. The molecule has 0 radical (unpaired) electrons. The first-order chi connectivity index (χ1) is 11.5. The Balaban J connectivity index is 1.98. The van der Waals surface area contributed by atoms with Gasteiger partial charge in [-0.3, -0.25) is 10.1 Å². The lowest BCUT2D eigenvalue weighted by atomic mass is 10.1. The third-order valence-electron chi connectivity index (χ3n) is 3.67. The summed E-state index contributed by atoms with van der Waals surface area (Å²) in [7, 11) is 0. The Bertz CT molecular complexity index is 898. The van der Waals surface area contributed by atoms with E-state index in [2.05, 4.69) is 43.8 Å². The van der Waals surface area contributed by atoms with E-state index in [1.54, 1.807) is 0 Å². The van der Waals surface area contributed by atoms with E-state index < -0.39 is 4.92 Å². The van der Waals surface area contributed by atoms with Gasteiger partial charge in [0.15, 0.2) is 5.75 Å². The quantitative estimate of drug-likeness (QED) is 0.361. The zero-order valence-corrected chi connectivity index (χ0v) is 16.0. The maximum absolute atomic E-state index is 10.9. The lowest BCUT2D eigenvalue weighted by molar-refractivity contribution is -0.385. The number of halogens is 2. The van der Waals surface area contributed by atoms with E-state index in [9.17, 15) is 10.1 Å². The van der Waals surface area contributed by atoms with Gasteiger partial charge in [0.1, 0.15) is 5.75 Å². The third kappa shape index (κ3) is 3.32. The summed E-state index contributed by atoms with van der Waals surface area (Å²) in [5, 5.41) is 12.0. The summed E-state index contributed by atoms with van der Waals surface area (Å²) in [6, 6.07) is 8.68. The molecule has 1 heterocycles. The van der Waals surface area contributed by atoms with E-state index in [0.29, 0.717) is 20.4 Å². The van der Waals surface area contributed by atoms with E-state index in [1.807, 2.05) is 24.4 Å². The van der Waals surface area contributed by atoms with Gasteiger partial charge in [-0.25, -0.2) is 0 Å². The van der Waals surface area contributed by atoms with Crippen LogP contribution in [0.25, 0.3) is 10.9 Å². The van der Waals surface area contributed by atoms with E-state index in [1.165, 1.54) is 17.7 Å². The average Bonchev–Trinajstić information content (AvgIpc) is 2.93. The number of non-ortho nitro benzene ring substituents is 1. The molecule has 1 N–H and O–H groups in total. The number of fused-ring (bicyclic) bond motifs is 1. The standard InChI is InChI=1S/C17H14Br2N2O3/c1-2-3-10-9-20-16-5-4-12(8-13(10)16)24-17-14(18)6-11(21(22)23)7-15(17)19/h4-9,20H,2-3H2,1H3. The minimum Gasteiger partial charge on any atom is -0.455 e. The summed E-state index contributed by atoms with van der Waals surface area (Å²) in [6.45, 7) is 2.14. The van der Waals surface area contributed by atoms with Gasteiger partial charge in [0.05, 0.1) is 13.9 Å². The van der Waals surface area contributed by atoms with Gasteiger partial charge in [-0.2, -0.15) is 0 Å². The summed E-state index contributed by atoms with van der Waals surface area (Å²) in [5.41, 5.74) is 2.31. The molecule has 0 atom stereocenters. The number of aromatic amines is 1. The molecule has 2 aromatic carbocycles. The molecule has 0 saturated carbocycles. The molecule has 3 aromatic rings. The molecule has 0 fully saturated rings. The molecule has 124 valence electrons. The van der Waals surface area contributed by atoms with Crippen LogP contribution in [0.1, 0.15) is 18.9 Å². The van der Waals surface area contributed by atoms with Crippen LogP contribution < -0.4 is 4.74 Å². The maximum Gasteiger partial charge on any atom is 0.271 e. The minimum absolute atomic E-state index is 0.00702. The van der Waals surface area contributed by atoms with Crippen molar-refractivity contribution in [2.45, 2.75) is 19.8 Å². The second-order valence-electron chi connectivity index (χ2n) is 5.37. The predicted octanol–water partition coefficient (Wildman–Crippen LogP) is 6.35. The zero-order valence-electron chi connectivity index (χ0n) is 12.8. The van der Waals surface area contributed by atoms with Crippen LogP contribution in [0.15, 0.2) is 45.5 Å². The molecule has 5 nitrogen and oxygen atoms in total. The predicted molar refractivity (Wildman–Crippen MR) is 101 cm³/mol. The van der Waals surface area contributed by atoms with Crippen molar-refractivity contribution in [2.75, 3.05) is 0 Å². The largest absolute Gasteiger partial charge is 0.455 e. The molecule has 7 heteroatoms. The molecule has 0 amide bonds. The molecular weight excluding hydrogens is 440 g/mol. The topological polar surface area (TPSA) is 68.2 Å². The van der Waals surface area contributed by atoms with Crippen molar-refractivity contribution in [3.63, 3.8) is 0 Å². The highest BCUT2D eigenvalue weighted by Crippen LogP contribution is 2.40. The highest BCUT2D eigenvalue weighted by Gasteiger charge is 2.16. The number of nitrogens with one attached hydrogen (secondary N) is 1. The van der Waals surface area contributed by atoms with Gasteiger partial charge in [-0.05, 0) is 62.0 Å². The number of aromatic nitrogens is 1. The van der Waals surface area contributed by atoms with Crippen LogP contribution in [-0.2, 0) is 6.42 Å². The number of aryl methyl sites for hydroxylation is 1. The monoisotopic (exact) mass is 452 g/mol. The molecule has 24 heavy (non-hydrogen) atoms. The smallest absolute Gasteiger partial charge is 0.271 e. The van der Waals surface area contributed by atoms with E-state index in [4.69, 9.17) is 4.74 Å². The molecule has 0 aliphatic heterocycles. The van der Waals surface area contributed by atoms with Crippen molar-refractivity contribution in [1.82, 2.24) is 4.98 Å². The Morgan fingerprint density at radius 3 is 2.54 bits per heavy atom. The van der Waals surface area contributed by atoms with Crippen molar-refractivity contribution in [3.05, 3.63) is 61.2 Å². The van der Waals surface area contributed by atoms with Crippen LogP contribution in [0.2, 0.25) is 0 Å². The normalized spacial score (nSPS) is 11.0. The Labute approximate surface area is 155 Å². The van der Waals surface area contributed by atoms with E-state index >= 15 is 0 Å². The van der Waals surface area contributed by atoms with E-state index in [0.717, 1.165) is 23.7 Å². The van der Waals surface area contributed by atoms with Crippen molar-refractivity contribution >= 4 is 48.5 Å². The molecule has 0 aliphatic rings. The summed E-state index contributed by atoms with van der Waals surface area (Å²) in [5.74, 6) is 1.18.